The van der Waals surface area contributed by atoms with E-state index in [0.29, 0.717) is 5.54 Å². The summed E-state index contributed by atoms with van der Waals surface area (Å²) in [5.74, 6) is 4.29. The molecule has 1 saturated heterocycles. The molecule has 2 nitrogen and oxygen atoms in total. The lowest BCUT2D eigenvalue weighted by Gasteiger charge is -2.51. The van der Waals surface area contributed by atoms with Gasteiger partial charge in [-0.2, -0.15) is 11.8 Å². The first-order valence-corrected chi connectivity index (χ1v) is 7.84. The van der Waals surface area contributed by atoms with Gasteiger partial charge in [0.15, 0.2) is 0 Å². The Morgan fingerprint density at radius 3 is 2.25 bits per heavy atom. The molecule has 3 heteroatoms. The second-order valence-electron chi connectivity index (χ2n) is 5.88. The molecule has 1 aliphatic carbocycles. The van der Waals surface area contributed by atoms with Crippen molar-refractivity contribution in [2.24, 2.45) is 17.6 Å². The largest absolute Gasteiger partial charge is 0.329 e. The van der Waals surface area contributed by atoms with E-state index in [-0.39, 0.29) is 0 Å². The summed E-state index contributed by atoms with van der Waals surface area (Å²) >= 11 is 2.09. The summed E-state index contributed by atoms with van der Waals surface area (Å²) in [6.45, 7) is 8.16. The molecular weight excluding hydrogens is 216 g/mol. The molecule has 0 aromatic heterocycles. The molecule has 2 unspecified atom stereocenters. The van der Waals surface area contributed by atoms with Crippen molar-refractivity contribution in [3.63, 3.8) is 0 Å². The molecule has 1 saturated carbocycles. The van der Waals surface area contributed by atoms with Crippen LogP contribution in [0.3, 0.4) is 0 Å². The molecule has 2 rings (SSSR count). The Kier molecular flexibility index (Phi) is 4.20. The van der Waals surface area contributed by atoms with E-state index in [4.69, 9.17) is 5.73 Å². The van der Waals surface area contributed by atoms with Crippen LogP contribution in [0.4, 0.5) is 0 Å². The van der Waals surface area contributed by atoms with Crippen LogP contribution in [-0.4, -0.2) is 41.6 Å². The van der Waals surface area contributed by atoms with Gasteiger partial charge in [-0.3, -0.25) is 4.90 Å². The van der Waals surface area contributed by atoms with Gasteiger partial charge in [0.1, 0.15) is 0 Å². The minimum atomic E-state index is 0.331. The van der Waals surface area contributed by atoms with Gasteiger partial charge in [0.2, 0.25) is 0 Å². The van der Waals surface area contributed by atoms with E-state index >= 15 is 0 Å². The van der Waals surface area contributed by atoms with Crippen molar-refractivity contribution >= 4 is 11.8 Å². The fourth-order valence-corrected chi connectivity index (χ4v) is 4.73. The van der Waals surface area contributed by atoms with E-state index in [1.54, 1.807) is 0 Å². The van der Waals surface area contributed by atoms with E-state index in [1.807, 2.05) is 0 Å². The standard InChI is InChI=1S/C13H26N2S/c1-11-7-12(2)9-13(8-11,10-14)15-3-5-16-6-4-15/h11-12H,3-10,14H2,1-2H3. The second-order valence-corrected chi connectivity index (χ2v) is 7.11. The molecule has 2 atom stereocenters. The monoisotopic (exact) mass is 242 g/mol. The molecule has 0 radical (unpaired) electrons. The Balaban J connectivity index is 2.09. The minimum absolute atomic E-state index is 0.331. The smallest absolute Gasteiger partial charge is 0.0337 e. The molecule has 16 heavy (non-hydrogen) atoms. The van der Waals surface area contributed by atoms with Crippen molar-refractivity contribution in [1.82, 2.24) is 4.90 Å². The Labute approximate surface area is 104 Å². The van der Waals surface area contributed by atoms with E-state index in [1.165, 1.54) is 43.9 Å². The summed E-state index contributed by atoms with van der Waals surface area (Å²) in [5, 5.41) is 0. The van der Waals surface area contributed by atoms with Crippen LogP contribution in [-0.2, 0) is 0 Å². The molecule has 0 bridgehead atoms. The lowest BCUT2D eigenvalue weighted by atomic mass is 9.70. The molecule has 2 N–H and O–H groups in total. The van der Waals surface area contributed by atoms with Gasteiger partial charge >= 0.3 is 0 Å². The fraction of sp³-hybridized carbons (Fsp3) is 1.00. The molecule has 2 aliphatic rings. The zero-order chi connectivity index (χ0) is 11.6. The van der Waals surface area contributed by atoms with Gasteiger partial charge in [0.05, 0.1) is 0 Å². The fourth-order valence-electron chi connectivity index (χ4n) is 3.83. The van der Waals surface area contributed by atoms with Crippen LogP contribution in [0.25, 0.3) is 0 Å². The van der Waals surface area contributed by atoms with Crippen molar-refractivity contribution in [3.8, 4) is 0 Å². The van der Waals surface area contributed by atoms with E-state index in [0.717, 1.165) is 18.4 Å². The number of hydrogen-bond donors (Lipinski definition) is 1. The SMILES string of the molecule is CC1CC(C)CC(CN)(N2CCSCC2)C1. The number of thioether (sulfide) groups is 1. The first kappa shape index (κ1) is 12.7. The highest BCUT2D eigenvalue weighted by molar-refractivity contribution is 7.99. The quantitative estimate of drug-likeness (QED) is 0.805. The summed E-state index contributed by atoms with van der Waals surface area (Å²) in [5.41, 5.74) is 6.48. The van der Waals surface area contributed by atoms with Crippen LogP contribution in [0.2, 0.25) is 0 Å². The summed E-state index contributed by atoms with van der Waals surface area (Å²) in [4.78, 5) is 2.70. The van der Waals surface area contributed by atoms with Crippen LogP contribution < -0.4 is 5.73 Å². The van der Waals surface area contributed by atoms with Gasteiger partial charge in [0, 0.05) is 36.7 Å². The summed E-state index contributed by atoms with van der Waals surface area (Å²) in [7, 11) is 0. The van der Waals surface area contributed by atoms with Crippen LogP contribution in [0.1, 0.15) is 33.1 Å². The van der Waals surface area contributed by atoms with Gasteiger partial charge in [-0.1, -0.05) is 13.8 Å². The van der Waals surface area contributed by atoms with E-state index < -0.39 is 0 Å². The average molecular weight is 242 g/mol. The highest BCUT2D eigenvalue weighted by Gasteiger charge is 2.41. The Morgan fingerprint density at radius 1 is 1.19 bits per heavy atom. The maximum absolute atomic E-state index is 6.15. The number of nitrogens with zero attached hydrogens (tertiary/aromatic N) is 1. The molecule has 0 aromatic carbocycles. The molecule has 1 heterocycles. The summed E-state index contributed by atoms with van der Waals surface area (Å²) in [6, 6.07) is 0. The zero-order valence-corrected chi connectivity index (χ0v) is 11.6. The van der Waals surface area contributed by atoms with Crippen molar-refractivity contribution in [2.45, 2.75) is 38.6 Å². The van der Waals surface area contributed by atoms with Gasteiger partial charge in [0.25, 0.3) is 0 Å². The maximum Gasteiger partial charge on any atom is 0.0337 e. The van der Waals surface area contributed by atoms with Crippen LogP contribution in [0.15, 0.2) is 0 Å². The lowest BCUT2D eigenvalue weighted by Crippen LogP contribution is -2.59. The molecule has 2 fully saturated rings. The normalized spacial score (nSPS) is 42.2. The summed E-state index contributed by atoms with van der Waals surface area (Å²) in [6.07, 6.45) is 4.03. The second kappa shape index (κ2) is 5.28. The molecule has 1 aliphatic heterocycles. The topological polar surface area (TPSA) is 29.3 Å². The van der Waals surface area contributed by atoms with Crippen LogP contribution in [0, 0.1) is 11.8 Å². The number of hydrogen-bond acceptors (Lipinski definition) is 3. The minimum Gasteiger partial charge on any atom is -0.329 e. The Bertz CT molecular complexity index is 216. The third-order valence-electron chi connectivity index (χ3n) is 4.32. The van der Waals surface area contributed by atoms with Gasteiger partial charge < -0.3 is 5.73 Å². The first-order chi connectivity index (χ1) is 7.66. The van der Waals surface area contributed by atoms with Crippen molar-refractivity contribution in [1.29, 1.82) is 0 Å². The Morgan fingerprint density at radius 2 is 1.75 bits per heavy atom. The lowest BCUT2D eigenvalue weighted by molar-refractivity contribution is 0.0266. The summed E-state index contributed by atoms with van der Waals surface area (Å²) < 4.78 is 0. The van der Waals surface area contributed by atoms with Gasteiger partial charge in [-0.25, -0.2) is 0 Å². The Hall–Kier alpha value is 0.270. The number of nitrogens with two attached hydrogens (primary N) is 1. The third kappa shape index (κ3) is 2.57. The van der Waals surface area contributed by atoms with Crippen molar-refractivity contribution in [2.75, 3.05) is 31.1 Å². The van der Waals surface area contributed by atoms with Crippen LogP contribution >= 0.6 is 11.8 Å². The van der Waals surface area contributed by atoms with Gasteiger partial charge in [-0.05, 0) is 31.1 Å². The third-order valence-corrected chi connectivity index (χ3v) is 5.27. The molecule has 0 aromatic rings. The highest BCUT2D eigenvalue weighted by Crippen LogP contribution is 2.40. The zero-order valence-electron chi connectivity index (χ0n) is 10.7. The molecular formula is C13H26N2S. The molecule has 0 spiro atoms. The van der Waals surface area contributed by atoms with Crippen molar-refractivity contribution in [3.05, 3.63) is 0 Å². The van der Waals surface area contributed by atoms with Gasteiger partial charge in [-0.15, -0.1) is 0 Å². The predicted molar refractivity (Wildman–Crippen MR) is 72.9 cm³/mol. The molecule has 0 amide bonds. The average Bonchev–Trinajstić information content (AvgIpc) is 2.29. The highest BCUT2D eigenvalue weighted by atomic mass is 32.2. The van der Waals surface area contributed by atoms with E-state index in [2.05, 4.69) is 30.5 Å². The van der Waals surface area contributed by atoms with Crippen LogP contribution in [0.5, 0.6) is 0 Å². The number of rotatable bonds is 2. The first-order valence-electron chi connectivity index (χ1n) is 6.69. The maximum atomic E-state index is 6.15. The molecule has 94 valence electrons. The van der Waals surface area contributed by atoms with E-state index in [9.17, 15) is 0 Å². The predicted octanol–water partition coefficient (Wildman–Crippen LogP) is 2.19. The van der Waals surface area contributed by atoms with Crippen molar-refractivity contribution < 1.29 is 0 Å².